The molecule has 0 aromatic carbocycles. The second kappa shape index (κ2) is 6.32. The van der Waals surface area contributed by atoms with Crippen LogP contribution in [0, 0.1) is 5.92 Å². The maximum atomic E-state index is 5.38. The molecule has 18 heavy (non-hydrogen) atoms. The van der Waals surface area contributed by atoms with E-state index in [2.05, 4.69) is 36.2 Å². The van der Waals surface area contributed by atoms with Gasteiger partial charge in [0, 0.05) is 5.92 Å². The van der Waals surface area contributed by atoms with Crippen molar-refractivity contribution in [2.75, 3.05) is 6.54 Å². The highest BCUT2D eigenvalue weighted by molar-refractivity contribution is 4.99. The van der Waals surface area contributed by atoms with E-state index in [-0.39, 0.29) is 6.04 Å². The highest BCUT2D eigenvalue weighted by atomic mass is 16.5. The van der Waals surface area contributed by atoms with Gasteiger partial charge in [0.1, 0.15) is 0 Å². The highest BCUT2D eigenvalue weighted by Crippen LogP contribution is 2.34. The Labute approximate surface area is 110 Å². The smallest absolute Gasteiger partial charge is 0.243 e. The molecule has 1 heterocycles. The van der Waals surface area contributed by atoms with Crippen LogP contribution in [0.25, 0.3) is 0 Å². The van der Waals surface area contributed by atoms with Crippen molar-refractivity contribution in [3.8, 4) is 0 Å². The highest BCUT2D eigenvalue weighted by Gasteiger charge is 2.24. The first-order valence-corrected chi connectivity index (χ1v) is 7.27. The van der Waals surface area contributed by atoms with Crippen LogP contribution in [0.4, 0.5) is 0 Å². The lowest BCUT2D eigenvalue weighted by Crippen LogP contribution is -2.19. The molecule has 0 spiro atoms. The Morgan fingerprint density at radius 3 is 2.72 bits per heavy atom. The van der Waals surface area contributed by atoms with Crippen molar-refractivity contribution in [2.45, 2.75) is 64.8 Å². The predicted molar refractivity (Wildman–Crippen MR) is 71.4 cm³/mol. The zero-order valence-electron chi connectivity index (χ0n) is 11.8. The van der Waals surface area contributed by atoms with Crippen LogP contribution in [0.3, 0.4) is 0 Å². The maximum absolute atomic E-state index is 5.38. The zero-order valence-corrected chi connectivity index (χ0v) is 11.8. The molecule has 102 valence electrons. The third-order valence-corrected chi connectivity index (χ3v) is 3.91. The van der Waals surface area contributed by atoms with Crippen molar-refractivity contribution >= 4 is 0 Å². The van der Waals surface area contributed by atoms with Gasteiger partial charge in [-0.2, -0.15) is 4.98 Å². The van der Waals surface area contributed by atoms with Gasteiger partial charge in [-0.15, -0.1) is 0 Å². The minimum atomic E-state index is 0.161. The normalized spacial score (nSPS) is 26.2. The third kappa shape index (κ3) is 3.31. The molecule has 2 rings (SSSR count). The number of hydrogen-bond donors (Lipinski definition) is 1. The molecule has 4 nitrogen and oxygen atoms in total. The Kier molecular flexibility index (Phi) is 4.75. The minimum absolute atomic E-state index is 0.161. The van der Waals surface area contributed by atoms with E-state index in [0.29, 0.717) is 5.92 Å². The lowest BCUT2D eigenvalue weighted by Gasteiger charge is -2.23. The van der Waals surface area contributed by atoms with Crippen molar-refractivity contribution in [3.63, 3.8) is 0 Å². The van der Waals surface area contributed by atoms with Gasteiger partial charge in [0.15, 0.2) is 5.82 Å². The van der Waals surface area contributed by atoms with Gasteiger partial charge in [-0.25, -0.2) is 0 Å². The van der Waals surface area contributed by atoms with E-state index < -0.39 is 0 Å². The Hall–Kier alpha value is -0.900. The van der Waals surface area contributed by atoms with E-state index in [1.807, 2.05) is 0 Å². The molecule has 1 atom stereocenters. The Morgan fingerprint density at radius 2 is 2.06 bits per heavy atom. The van der Waals surface area contributed by atoms with Crippen LogP contribution >= 0.6 is 0 Å². The standard InChI is InChI=1S/C14H25N3O/c1-4-9-15-11(3)14-16-13(17-18-14)12-7-5-10(2)6-8-12/h10-12,15H,4-9H2,1-3H3. The van der Waals surface area contributed by atoms with Gasteiger partial charge < -0.3 is 9.84 Å². The molecular weight excluding hydrogens is 226 g/mol. The summed E-state index contributed by atoms with van der Waals surface area (Å²) in [6.45, 7) is 7.55. The summed E-state index contributed by atoms with van der Waals surface area (Å²) in [6, 6.07) is 0.161. The van der Waals surface area contributed by atoms with Crippen LogP contribution in [0.15, 0.2) is 4.52 Å². The molecule has 4 heteroatoms. The second-order valence-electron chi connectivity index (χ2n) is 5.62. The fourth-order valence-electron chi connectivity index (χ4n) is 2.56. The topological polar surface area (TPSA) is 51.0 Å². The molecule has 1 unspecified atom stereocenters. The predicted octanol–water partition coefficient (Wildman–Crippen LogP) is 3.42. The molecule has 1 aromatic rings. The summed E-state index contributed by atoms with van der Waals surface area (Å²) in [6.07, 6.45) is 6.11. The van der Waals surface area contributed by atoms with Crippen molar-refractivity contribution in [1.82, 2.24) is 15.5 Å². The van der Waals surface area contributed by atoms with E-state index in [9.17, 15) is 0 Å². The summed E-state index contributed by atoms with van der Waals surface area (Å²) in [4.78, 5) is 4.57. The molecule has 0 aliphatic heterocycles. The quantitative estimate of drug-likeness (QED) is 0.871. The third-order valence-electron chi connectivity index (χ3n) is 3.91. The summed E-state index contributed by atoms with van der Waals surface area (Å²) < 4.78 is 5.38. The fraction of sp³-hybridized carbons (Fsp3) is 0.857. The average molecular weight is 251 g/mol. The molecule has 0 amide bonds. The lowest BCUT2D eigenvalue weighted by atomic mass is 9.83. The molecular formula is C14H25N3O. The number of nitrogens with zero attached hydrogens (tertiary/aromatic N) is 2. The molecule has 0 radical (unpaired) electrons. The van der Waals surface area contributed by atoms with Crippen molar-refractivity contribution in [2.24, 2.45) is 5.92 Å². The van der Waals surface area contributed by atoms with Gasteiger partial charge >= 0.3 is 0 Å². The molecule has 1 aliphatic carbocycles. The first kappa shape index (κ1) is 13.5. The first-order chi connectivity index (χ1) is 8.70. The zero-order chi connectivity index (χ0) is 13.0. The van der Waals surface area contributed by atoms with Gasteiger partial charge in [0.25, 0.3) is 0 Å². The Morgan fingerprint density at radius 1 is 1.33 bits per heavy atom. The van der Waals surface area contributed by atoms with Gasteiger partial charge in [0.05, 0.1) is 6.04 Å². The van der Waals surface area contributed by atoms with E-state index in [1.165, 1.54) is 25.7 Å². The average Bonchev–Trinajstić information content (AvgIpc) is 2.86. The molecule has 0 saturated heterocycles. The largest absolute Gasteiger partial charge is 0.338 e. The Balaban J connectivity index is 1.93. The van der Waals surface area contributed by atoms with Crippen molar-refractivity contribution in [1.29, 1.82) is 0 Å². The second-order valence-corrected chi connectivity index (χ2v) is 5.62. The fourth-order valence-corrected chi connectivity index (χ4v) is 2.56. The van der Waals surface area contributed by atoms with Crippen LogP contribution in [-0.2, 0) is 0 Å². The van der Waals surface area contributed by atoms with Crippen molar-refractivity contribution in [3.05, 3.63) is 11.7 Å². The van der Waals surface area contributed by atoms with Crippen LogP contribution in [0.5, 0.6) is 0 Å². The lowest BCUT2D eigenvalue weighted by molar-refractivity contribution is 0.315. The summed E-state index contributed by atoms with van der Waals surface area (Å²) in [5.41, 5.74) is 0. The van der Waals surface area contributed by atoms with Crippen LogP contribution in [-0.4, -0.2) is 16.7 Å². The van der Waals surface area contributed by atoms with E-state index >= 15 is 0 Å². The van der Waals surface area contributed by atoms with E-state index in [1.54, 1.807) is 0 Å². The Bertz CT molecular complexity index is 356. The number of nitrogens with one attached hydrogen (secondary N) is 1. The SMILES string of the molecule is CCCNC(C)c1nc(C2CCC(C)CC2)no1. The molecule has 1 N–H and O–H groups in total. The summed E-state index contributed by atoms with van der Waals surface area (Å²) in [7, 11) is 0. The number of hydrogen-bond acceptors (Lipinski definition) is 4. The molecule has 0 bridgehead atoms. The van der Waals surface area contributed by atoms with Gasteiger partial charge in [-0.05, 0) is 38.6 Å². The van der Waals surface area contributed by atoms with Gasteiger partial charge in [-0.3, -0.25) is 0 Å². The molecule has 1 fully saturated rings. The monoisotopic (exact) mass is 251 g/mol. The molecule has 1 aliphatic rings. The minimum Gasteiger partial charge on any atom is -0.338 e. The number of aromatic nitrogens is 2. The number of rotatable bonds is 5. The van der Waals surface area contributed by atoms with Crippen LogP contribution in [0.2, 0.25) is 0 Å². The van der Waals surface area contributed by atoms with Crippen LogP contribution < -0.4 is 5.32 Å². The molecule has 1 aromatic heterocycles. The summed E-state index contributed by atoms with van der Waals surface area (Å²) in [5.74, 6) is 3.02. The summed E-state index contributed by atoms with van der Waals surface area (Å²) >= 11 is 0. The van der Waals surface area contributed by atoms with Crippen molar-refractivity contribution < 1.29 is 4.52 Å². The maximum Gasteiger partial charge on any atom is 0.243 e. The van der Waals surface area contributed by atoms with Crippen LogP contribution in [0.1, 0.15) is 76.6 Å². The first-order valence-electron chi connectivity index (χ1n) is 7.27. The van der Waals surface area contributed by atoms with E-state index in [4.69, 9.17) is 4.52 Å². The van der Waals surface area contributed by atoms with E-state index in [0.717, 1.165) is 30.6 Å². The van der Waals surface area contributed by atoms with Gasteiger partial charge in [-0.1, -0.05) is 31.8 Å². The molecule has 1 saturated carbocycles. The summed E-state index contributed by atoms with van der Waals surface area (Å²) in [5, 5.41) is 7.54. The van der Waals surface area contributed by atoms with Gasteiger partial charge in [0.2, 0.25) is 5.89 Å².